The molecule has 0 spiro atoms. The number of carbonyl (C=O) groups is 1. The fourth-order valence-electron chi connectivity index (χ4n) is 2.70. The quantitative estimate of drug-likeness (QED) is 0.205. The number of esters is 1. The third-order valence-corrected chi connectivity index (χ3v) is 8.84. The number of benzene rings is 1. The van der Waals surface area contributed by atoms with Crippen LogP contribution in [-0.2, 0) is 25.3 Å². The highest BCUT2D eigenvalue weighted by Crippen LogP contribution is 2.50. The minimum Gasteiger partial charge on any atom is -0.462 e. The van der Waals surface area contributed by atoms with E-state index in [1.54, 1.807) is 19.1 Å². The standard InChI is InChI=1S/C20H21IN4O4S2/c1-4-29-19(26)17-18(15-11-8-12-16(22-15)31(27,28)25(2)3)23-24-20(17,21)30-13-14-9-6-5-7-10-14/h5-12H,4,13H2,1-3H3. The maximum atomic E-state index is 12.9. The molecule has 1 atom stereocenters. The summed E-state index contributed by atoms with van der Waals surface area (Å²) in [4.78, 5) is 17.1. The lowest BCUT2D eigenvalue weighted by atomic mass is 10.1. The lowest BCUT2D eigenvalue weighted by Gasteiger charge is -2.20. The molecule has 0 N–H and O–H groups in total. The van der Waals surface area contributed by atoms with Gasteiger partial charge in [0, 0.05) is 19.8 Å². The molecule has 1 aromatic carbocycles. The second-order valence-corrected chi connectivity index (χ2v) is 12.2. The van der Waals surface area contributed by atoms with Crippen molar-refractivity contribution in [2.75, 3.05) is 20.7 Å². The van der Waals surface area contributed by atoms with E-state index in [0.29, 0.717) is 5.75 Å². The Labute approximate surface area is 199 Å². The molecule has 0 aliphatic carbocycles. The average Bonchev–Trinajstić information content (AvgIpc) is 3.11. The number of nitrogens with zero attached hydrogens (tertiary/aromatic N) is 4. The number of aromatic nitrogens is 1. The lowest BCUT2D eigenvalue weighted by Crippen LogP contribution is -2.24. The fourth-order valence-corrected chi connectivity index (χ4v) is 5.56. The Hall–Kier alpha value is -1.83. The maximum Gasteiger partial charge on any atom is 0.340 e. The number of hydrogen-bond acceptors (Lipinski definition) is 8. The van der Waals surface area contributed by atoms with E-state index in [4.69, 9.17) is 4.74 Å². The summed E-state index contributed by atoms with van der Waals surface area (Å²) in [5, 5.41) is 8.45. The summed E-state index contributed by atoms with van der Waals surface area (Å²) < 4.78 is 30.3. The van der Waals surface area contributed by atoms with Gasteiger partial charge in [0.25, 0.3) is 10.0 Å². The highest BCUT2D eigenvalue weighted by atomic mass is 127. The van der Waals surface area contributed by atoms with Crippen LogP contribution in [0, 0.1) is 0 Å². The van der Waals surface area contributed by atoms with Gasteiger partial charge in [-0.2, -0.15) is 10.2 Å². The predicted octanol–water partition coefficient (Wildman–Crippen LogP) is 4.09. The van der Waals surface area contributed by atoms with Gasteiger partial charge in [-0.1, -0.05) is 36.4 Å². The molecule has 11 heteroatoms. The van der Waals surface area contributed by atoms with Gasteiger partial charge < -0.3 is 4.74 Å². The first kappa shape index (κ1) is 23.8. The Morgan fingerprint density at radius 3 is 2.52 bits per heavy atom. The second kappa shape index (κ2) is 9.76. The van der Waals surface area contributed by atoms with E-state index < -0.39 is 18.9 Å². The third-order valence-electron chi connectivity index (χ3n) is 4.29. The Bertz CT molecular complexity index is 1140. The number of alkyl halides is 1. The van der Waals surface area contributed by atoms with Gasteiger partial charge in [-0.15, -0.1) is 11.8 Å². The van der Waals surface area contributed by atoms with Crippen molar-refractivity contribution in [2.45, 2.75) is 20.6 Å². The van der Waals surface area contributed by atoms with Crippen LogP contribution in [0.3, 0.4) is 0 Å². The second-order valence-electron chi connectivity index (χ2n) is 6.63. The van der Waals surface area contributed by atoms with Crippen LogP contribution >= 0.6 is 34.4 Å². The molecule has 2 heterocycles. The summed E-state index contributed by atoms with van der Waals surface area (Å²) in [6, 6.07) is 14.4. The number of ether oxygens (including phenoxy) is 1. The Balaban J connectivity index is 2.04. The van der Waals surface area contributed by atoms with Crippen molar-refractivity contribution < 1.29 is 17.9 Å². The van der Waals surface area contributed by atoms with Gasteiger partial charge in [-0.3, -0.25) is 0 Å². The molecule has 8 nitrogen and oxygen atoms in total. The Kier molecular flexibility index (Phi) is 7.50. The number of rotatable bonds is 8. The number of carbonyl (C=O) groups excluding carboxylic acids is 1. The van der Waals surface area contributed by atoms with E-state index in [1.807, 2.05) is 30.3 Å². The summed E-state index contributed by atoms with van der Waals surface area (Å²) in [6.07, 6.45) is 0. The molecule has 0 radical (unpaired) electrons. The molecule has 0 saturated carbocycles. The molecule has 0 fully saturated rings. The molecule has 3 rings (SSSR count). The van der Waals surface area contributed by atoms with E-state index in [0.717, 1.165) is 9.87 Å². The van der Waals surface area contributed by atoms with Gasteiger partial charge in [-0.05, 0) is 47.2 Å². The highest BCUT2D eigenvalue weighted by molar-refractivity contribution is 14.1. The first-order valence-corrected chi connectivity index (χ1v) is 12.8. The van der Waals surface area contributed by atoms with Crippen LogP contribution in [-0.4, -0.2) is 47.3 Å². The zero-order valence-corrected chi connectivity index (χ0v) is 20.9. The molecule has 1 aliphatic rings. The third kappa shape index (κ3) is 5.16. The van der Waals surface area contributed by atoms with Crippen molar-refractivity contribution in [2.24, 2.45) is 10.2 Å². The van der Waals surface area contributed by atoms with Crippen molar-refractivity contribution in [1.29, 1.82) is 0 Å². The van der Waals surface area contributed by atoms with Crippen LogP contribution in [0.5, 0.6) is 0 Å². The monoisotopic (exact) mass is 572 g/mol. The number of thioether (sulfide) groups is 1. The zero-order chi connectivity index (χ0) is 22.6. The Morgan fingerprint density at radius 1 is 1.16 bits per heavy atom. The van der Waals surface area contributed by atoms with E-state index >= 15 is 0 Å². The van der Waals surface area contributed by atoms with Gasteiger partial charge in [0.05, 0.1) is 12.3 Å². The number of sulfonamides is 1. The molecule has 1 unspecified atom stereocenters. The van der Waals surface area contributed by atoms with Crippen molar-refractivity contribution in [1.82, 2.24) is 9.29 Å². The topological polar surface area (TPSA) is 101 Å². The number of halogens is 1. The lowest BCUT2D eigenvalue weighted by molar-refractivity contribution is -0.138. The molecule has 164 valence electrons. The SMILES string of the molecule is CCOC(=O)C1=C(c2cccc(S(=O)(=O)N(C)C)n2)N=NC1(I)SCc1ccccc1. The summed E-state index contributed by atoms with van der Waals surface area (Å²) in [5.74, 6) is 0.0432. The molecule has 0 bridgehead atoms. The smallest absolute Gasteiger partial charge is 0.340 e. The Morgan fingerprint density at radius 2 is 1.87 bits per heavy atom. The molecular weight excluding hydrogens is 551 g/mol. The number of pyridine rings is 1. The van der Waals surface area contributed by atoms with Crippen LogP contribution in [0.15, 0.2) is 69.4 Å². The zero-order valence-electron chi connectivity index (χ0n) is 17.1. The molecule has 2 aromatic rings. The van der Waals surface area contributed by atoms with E-state index in [1.165, 1.54) is 31.9 Å². The molecular formula is C20H21IN4O4S2. The first-order chi connectivity index (χ1) is 14.7. The number of hydrogen-bond donors (Lipinski definition) is 0. The summed E-state index contributed by atoms with van der Waals surface area (Å²) in [6.45, 7) is 1.91. The van der Waals surface area contributed by atoms with Crippen molar-refractivity contribution in [3.63, 3.8) is 0 Å². The van der Waals surface area contributed by atoms with Crippen molar-refractivity contribution >= 4 is 56.0 Å². The first-order valence-electron chi connectivity index (χ1n) is 9.30. The molecule has 31 heavy (non-hydrogen) atoms. The van der Waals surface area contributed by atoms with Crippen LogP contribution in [0.4, 0.5) is 0 Å². The van der Waals surface area contributed by atoms with Crippen LogP contribution in [0.1, 0.15) is 18.2 Å². The maximum absolute atomic E-state index is 12.9. The van der Waals surface area contributed by atoms with Crippen LogP contribution < -0.4 is 0 Å². The van der Waals surface area contributed by atoms with Gasteiger partial charge >= 0.3 is 5.97 Å². The summed E-state index contributed by atoms with van der Waals surface area (Å²) >= 11 is 3.50. The number of azo groups is 1. The fraction of sp³-hybridized carbons (Fsp3) is 0.300. The minimum absolute atomic E-state index is 0.135. The molecule has 0 saturated heterocycles. The average molecular weight is 572 g/mol. The van der Waals surface area contributed by atoms with Crippen molar-refractivity contribution in [3.8, 4) is 0 Å². The van der Waals surface area contributed by atoms with E-state index in [-0.39, 0.29) is 28.6 Å². The largest absolute Gasteiger partial charge is 0.462 e. The van der Waals surface area contributed by atoms with Gasteiger partial charge in [-0.25, -0.2) is 22.5 Å². The minimum atomic E-state index is -3.75. The van der Waals surface area contributed by atoms with Crippen LogP contribution in [0.25, 0.3) is 5.70 Å². The van der Waals surface area contributed by atoms with Gasteiger partial charge in [0.1, 0.15) is 11.3 Å². The highest BCUT2D eigenvalue weighted by Gasteiger charge is 2.45. The summed E-state index contributed by atoms with van der Waals surface area (Å²) in [7, 11) is -0.890. The molecule has 0 amide bonds. The molecule has 1 aliphatic heterocycles. The van der Waals surface area contributed by atoms with Crippen molar-refractivity contribution in [3.05, 3.63) is 65.4 Å². The normalized spacial score (nSPS) is 18.6. The predicted molar refractivity (Wildman–Crippen MR) is 128 cm³/mol. The molecule has 1 aromatic heterocycles. The van der Waals surface area contributed by atoms with Crippen LogP contribution in [0.2, 0.25) is 0 Å². The van der Waals surface area contributed by atoms with E-state index in [2.05, 4.69) is 37.8 Å². The van der Waals surface area contributed by atoms with Gasteiger partial charge in [0.15, 0.2) is 5.03 Å². The van der Waals surface area contributed by atoms with E-state index in [9.17, 15) is 13.2 Å². The van der Waals surface area contributed by atoms with Gasteiger partial charge in [0.2, 0.25) is 2.88 Å². The summed E-state index contributed by atoms with van der Waals surface area (Å²) in [5.41, 5.74) is 1.77.